The van der Waals surface area contributed by atoms with Gasteiger partial charge >= 0.3 is 0 Å². The Bertz CT molecular complexity index is 4130. The summed E-state index contributed by atoms with van der Waals surface area (Å²) in [6, 6.07) is 45.5. The van der Waals surface area contributed by atoms with Crippen molar-refractivity contribution in [2.24, 2.45) is 5.41 Å². The number of benzene rings is 7. The van der Waals surface area contributed by atoms with E-state index in [1.807, 2.05) is 178 Å². The SMILES string of the molecule is [2H]C([2H])([2H])C(c1cc(-c2nc3c(-c4cc(-c5cc(-c6ccc(C([2H])([2H])C(C)(C)C)cc6)ccn5)cc(C(C)(C)C)c4)cccc3n2-c2c(-c3ccccc3)cc(C(C)(C)C)cc2-c2ccccc2)c(O)c(C(C([2H])([2H])[2H])(C([2H])([2H])[2H])C([2H])([2H])[2H])c1)(C([2H])([2H])[2H])C([2H])([2H])[2H]. The Hall–Kier alpha value is -7.04. The smallest absolute Gasteiger partial charge is 0.149 e. The predicted octanol–water partition coefficient (Wildman–Crippen LogP) is 18.9. The highest BCUT2D eigenvalue weighted by atomic mass is 16.3. The number of fused-ring (bicyclic) bond motifs is 1. The molecule has 372 valence electrons. The second-order valence-corrected chi connectivity index (χ2v) is 22.2. The lowest BCUT2D eigenvalue weighted by Crippen LogP contribution is -2.17. The summed E-state index contributed by atoms with van der Waals surface area (Å²) in [4.78, 5) is 10.2. The third-order valence-electron chi connectivity index (χ3n) is 13.1. The summed E-state index contributed by atoms with van der Waals surface area (Å²) < 4.78 is 180. The Kier molecular flexibility index (Phi) is 8.11. The van der Waals surface area contributed by atoms with E-state index in [0.717, 1.165) is 28.3 Å². The first-order valence-corrected chi connectivity index (χ1v) is 24.5. The summed E-state index contributed by atoms with van der Waals surface area (Å²) in [5, 5.41) is 13.4. The van der Waals surface area contributed by atoms with Crippen molar-refractivity contribution in [3.8, 4) is 78.6 Å². The average Bonchev–Trinajstić information content (AvgIpc) is 1.25. The molecule has 0 bridgehead atoms. The molecule has 0 radical (unpaired) electrons. The van der Waals surface area contributed by atoms with E-state index in [-0.39, 0.29) is 11.0 Å². The molecule has 0 saturated carbocycles. The van der Waals surface area contributed by atoms with Crippen LogP contribution in [0.15, 0.2) is 164 Å². The normalized spacial score (nSPS) is 18.0. The molecule has 0 aliphatic heterocycles. The van der Waals surface area contributed by atoms with Crippen LogP contribution in [0, 0.1) is 5.41 Å². The number of phenols is 1. The first-order chi connectivity index (χ1) is 42.5. The molecule has 9 rings (SSSR count). The van der Waals surface area contributed by atoms with Crippen LogP contribution in [0.5, 0.6) is 5.75 Å². The Morgan fingerprint density at radius 1 is 0.479 bits per heavy atom. The van der Waals surface area contributed by atoms with Crippen molar-refractivity contribution < 1.29 is 32.5 Å². The number of hydrogen-bond acceptors (Lipinski definition) is 3. The van der Waals surface area contributed by atoms with Crippen LogP contribution in [0.1, 0.15) is 159 Å². The van der Waals surface area contributed by atoms with Crippen LogP contribution in [-0.4, -0.2) is 19.6 Å². The van der Waals surface area contributed by atoms with Gasteiger partial charge in [-0.1, -0.05) is 213 Å². The molecule has 2 aromatic heterocycles. The third kappa shape index (κ3) is 10.6. The Morgan fingerprint density at radius 3 is 1.62 bits per heavy atom. The summed E-state index contributed by atoms with van der Waals surface area (Å²) in [5.74, 6) is -1.82. The monoisotopic (exact) mass is 982 g/mol. The summed E-state index contributed by atoms with van der Waals surface area (Å²) in [6.07, 6.45) is 0.0466. The van der Waals surface area contributed by atoms with Crippen LogP contribution < -0.4 is 0 Å². The molecular weight excluding hydrogens is 887 g/mol. The number of para-hydroxylation sites is 1. The lowest BCUT2D eigenvalue weighted by molar-refractivity contribution is 0.411. The number of nitrogens with zero attached hydrogens (tertiary/aromatic N) is 3. The molecule has 0 spiro atoms. The van der Waals surface area contributed by atoms with Gasteiger partial charge < -0.3 is 5.11 Å². The van der Waals surface area contributed by atoms with Crippen molar-refractivity contribution in [1.29, 1.82) is 0 Å². The zero-order valence-electron chi connectivity index (χ0n) is 62.9. The summed E-state index contributed by atoms with van der Waals surface area (Å²) in [6.45, 7) is -7.06. The van der Waals surface area contributed by atoms with E-state index < -0.39 is 103 Å². The van der Waals surface area contributed by atoms with Crippen molar-refractivity contribution in [2.75, 3.05) is 0 Å². The van der Waals surface area contributed by atoms with Crippen LogP contribution in [0.3, 0.4) is 0 Å². The third-order valence-corrected chi connectivity index (χ3v) is 13.1. The zero-order chi connectivity index (χ0) is 69.2. The van der Waals surface area contributed by atoms with E-state index in [9.17, 15) is 5.11 Å². The number of rotatable bonds is 8. The van der Waals surface area contributed by atoms with Gasteiger partial charge in [0.1, 0.15) is 11.6 Å². The Labute approximate surface area is 464 Å². The molecule has 0 fully saturated rings. The average molecular weight is 983 g/mol. The first-order valence-electron chi connectivity index (χ1n) is 34.5. The van der Waals surface area contributed by atoms with Gasteiger partial charge in [-0.3, -0.25) is 9.55 Å². The standard InChI is InChI=1S/C69H75N3O/c1-65(2,3)43-44-29-31-45(32-30-44)48-33-34-70-59(38-48)50-35-49(36-51(37-50)66(4,5)6)54-27-22-28-60-61(54)71-64(57-41-53(68(10,11)12)42-58(63(57)73)69(13,14)15)72(60)62-55(46-23-18-16-19-24-46)39-52(67(7,8)9)40-56(62)47-25-20-17-21-26-47/h16-42,73H,43H2,1-15H3/i10D3,11D3,12D3,13D3,14D3,15D3,43D2. The fourth-order valence-corrected chi connectivity index (χ4v) is 9.34. The topological polar surface area (TPSA) is 50.9 Å². The maximum Gasteiger partial charge on any atom is 0.149 e. The van der Waals surface area contributed by atoms with E-state index in [2.05, 4.69) is 0 Å². The van der Waals surface area contributed by atoms with Gasteiger partial charge in [0.05, 0.1) is 28.0 Å². The minimum absolute atomic E-state index is 0.146. The quantitative estimate of drug-likeness (QED) is 0.165. The van der Waals surface area contributed by atoms with E-state index >= 15 is 0 Å². The minimum Gasteiger partial charge on any atom is -0.507 e. The predicted molar refractivity (Wildman–Crippen MR) is 311 cm³/mol. The molecule has 7 aromatic carbocycles. The van der Waals surface area contributed by atoms with Gasteiger partial charge in [0.15, 0.2) is 0 Å². The highest BCUT2D eigenvalue weighted by Gasteiger charge is 2.31. The maximum absolute atomic E-state index is 13.4. The van der Waals surface area contributed by atoms with Gasteiger partial charge in [0.25, 0.3) is 0 Å². The van der Waals surface area contributed by atoms with Crippen molar-refractivity contribution >= 4 is 11.0 Å². The molecule has 0 atom stereocenters. The summed E-state index contributed by atoms with van der Waals surface area (Å²) in [7, 11) is 0. The van der Waals surface area contributed by atoms with E-state index in [0.29, 0.717) is 62.0 Å². The van der Waals surface area contributed by atoms with Crippen molar-refractivity contribution in [3.05, 3.63) is 192 Å². The summed E-state index contributed by atoms with van der Waals surface area (Å²) >= 11 is 0. The van der Waals surface area contributed by atoms with Crippen LogP contribution in [0.25, 0.3) is 83.9 Å². The number of phenolic OH excluding ortho intramolecular Hbond substituents is 1. The molecule has 4 nitrogen and oxygen atoms in total. The molecule has 0 aliphatic rings. The van der Waals surface area contributed by atoms with E-state index in [4.69, 9.17) is 37.4 Å². The fourth-order valence-electron chi connectivity index (χ4n) is 9.34. The van der Waals surface area contributed by atoms with Crippen molar-refractivity contribution in [1.82, 2.24) is 14.5 Å². The zero-order valence-corrected chi connectivity index (χ0v) is 42.9. The molecule has 73 heavy (non-hydrogen) atoms. The number of imidazole rings is 1. The molecule has 0 aliphatic carbocycles. The van der Waals surface area contributed by atoms with Crippen LogP contribution >= 0.6 is 0 Å². The number of pyridine rings is 1. The Balaban J connectivity index is 1.51. The first kappa shape index (κ1) is 31.5. The number of aromatic nitrogens is 3. The summed E-state index contributed by atoms with van der Waals surface area (Å²) in [5.41, 5.74) is -4.51. The van der Waals surface area contributed by atoms with E-state index in [1.54, 1.807) is 41.1 Å². The molecule has 2 heterocycles. The number of aromatic hydroxyl groups is 1. The second-order valence-electron chi connectivity index (χ2n) is 22.2. The molecule has 4 heteroatoms. The van der Waals surface area contributed by atoms with Crippen LogP contribution in [-0.2, 0) is 28.0 Å². The Morgan fingerprint density at radius 2 is 1.04 bits per heavy atom. The van der Waals surface area contributed by atoms with Gasteiger partial charge in [-0.15, -0.1) is 0 Å². The lowest BCUT2D eigenvalue weighted by Gasteiger charge is -2.28. The molecular formula is C69H75N3O. The van der Waals surface area contributed by atoms with Gasteiger partial charge in [-0.25, -0.2) is 4.98 Å². The van der Waals surface area contributed by atoms with Crippen LogP contribution in [0.4, 0.5) is 0 Å². The van der Waals surface area contributed by atoms with Gasteiger partial charge in [0, 0.05) is 61.4 Å². The lowest BCUT2D eigenvalue weighted by atomic mass is 9.78. The van der Waals surface area contributed by atoms with Gasteiger partial charge in [0.2, 0.25) is 0 Å². The highest BCUT2D eigenvalue weighted by Crippen LogP contribution is 2.48. The molecule has 9 aromatic rings. The van der Waals surface area contributed by atoms with Gasteiger partial charge in [-0.05, 0) is 132 Å². The molecule has 1 N–H and O–H groups in total. The maximum atomic E-state index is 13.4. The molecule has 0 saturated heterocycles. The van der Waals surface area contributed by atoms with Crippen LogP contribution in [0.2, 0.25) is 0 Å². The largest absolute Gasteiger partial charge is 0.507 e. The van der Waals surface area contributed by atoms with Gasteiger partial charge in [-0.2, -0.15) is 0 Å². The minimum atomic E-state index is -4.19. The molecule has 0 amide bonds. The van der Waals surface area contributed by atoms with Crippen molar-refractivity contribution in [3.63, 3.8) is 0 Å². The van der Waals surface area contributed by atoms with Crippen molar-refractivity contribution in [2.45, 2.75) is 131 Å². The van der Waals surface area contributed by atoms with E-state index in [1.165, 1.54) is 0 Å². The fraction of sp³-hybridized carbons (Fsp3) is 0.304. The molecule has 0 unspecified atom stereocenters. The highest BCUT2D eigenvalue weighted by molar-refractivity contribution is 6.00. The number of hydrogen-bond donors (Lipinski definition) is 1. The second kappa shape index (κ2) is 18.8.